The van der Waals surface area contributed by atoms with Crippen molar-refractivity contribution < 1.29 is 26.4 Å². The van der Waals surface area contributed by atoms with Crippen LogP contribution in [0.2, 0.25) is 0 Å². The summed E-state index contributed by atoms with van der Waals surface area (Å²) in [6.07, 6.45) is 2.47. The Morgan fingerprint density at radius 2 is 0.615 bits per heavy atom. The average molecular weight is 417 g/mol. The maximum atomic E-state index is 10.3. The van der Waals surface area contributed by atoms with Crippen molar-refractivity contribution in [2.75, 3.05) is 12.5 Å². The quantitative estimate of drug-likeness (QED) is 0.696. The van der Waals surface area contributed by atoms with E-state index in [9.17, 15) is 26.4 Å². The smallest absolute Gasteiger partial charge is 0.149 e. The number of carbonyl (C=O) groups is 2. The Hall–Kier alpha value is -0.760. The van der Waals surface area contributed by atoms with Crippen molar-refractivity contribution in [2.45, 2.75) is 79.7 Å². The number of hydrogen-bond acceptors (Lipinski definition) is 6. The van der Waals surface area contributed by atoms with Crippen LogP contribution in [0.4, 0.5) is 0 Å². The second-order valence-electron chi connectivity index (χ2n) is 7.29. The zero-order chi connectivity index (χ0) is 22.5. The molecule has 0 aromatic heterocycles. The fraction of sp³-hybridized carbons (Fsp3) is 0.889. The first kappa shape index (κ1) is 32.9. The van der Waals surface area contributed by atoms with Crippen LogP contribution >= 0.6 is 0 Å². The van der Waals surface area contributed by atoms with Crippen molar-refractivity contribution in [3.63, 3.8) is 0 Å². The molecule has 0 unspecified atom stereocenters. The van der Waals surface area contributed by atoms with Crippen molar-refractivity contribution >= 4 is 31.2 Å². The molecule has 0 aliphatic rings. The molecule has 0 bridgehead atoms. The molecule has 0 radical (unpaired) electrons. The molecular weight excluding hydrogens is 376 g/mol. The minimum absolute atomic E-state index is 0.213. The Balaban J connectivity index is -0.000000124. The number of sulfone groups is 2. The third-order valence-corrected chi connectivity index (χ3v) is 6.76. The van der Waals surface area contributed by atoms with E-state index in [2.05, 4.69) is 0 Å². The third kappa shape index (κ3) is 31.1. The highest BCUT2D eigenvalue weighted by molar-refractivity contribution is 7.91. The van der Waals surface area contributed by atoms with E-state index in [0.29, 0.717) is 0 Å². The molecule has 0 amide bonds. The average Bonchev–Trinajstić information content (AvgIpc) is 2.38. The predicted molar refractivity (Wildman–Crippen MR) is 111 cm³/mol. The van der Waals surface area contributed by atoms with Crippen LogP contribution in [-0.2, 0) is 29.3 Å². The van der Waals surface area contributed by atoms with Gasteiger partial charge >= 0.3 is 0 Å². The summed E-state index contributed by atoms with van der Waals surface area (Å²) in [6, 6.07) is 0. The molecule has 0 aromatic carbocycles. The molecule has 6 nitrogen and oxygen atoms in total. The van der Waals surface area contributed by atoms with E-state index in [0.717, 1.165) is 0 Å². The molecule has 0 N–H and O–H groups in total. The van der Waals surface area contributed by atoms with Crippen molar-refractivity contribution in [2.24, 2.45) is 11.8 Å². The SMILES string of the molecule is CC(=O)C(C)C.CC(=O)C(C)C.CC(C)S(C)(=O)=O.CC(C)S(C)(=O)=O. The summed E-state index contributed by atoms with van der Waals surface area (Å²) in [4.78, 5) is 20.3. The largest absolute Gasteiger partial charge is 0.300 e. The number of rotatable bonds is 4. The molecule has 0 saturated heterocycles. The first-order valence-electron chi connectivity index (χ1n) is 8.56. The number of carbonyl (C=O) groups excluding carboxylic acids is 2. The maximum absolute atomic E-state index is 10.3. The lowest BCUT2D eigenvalue weighted by molar-refractivity contribution is -0.120. The topological polar surface area (TPSA) is 102 Å². The normalized spacial score (nSPS) is 11.1. The third-order valence-electron chi connectivity index (χ3n) is 3.34. The van der Waals surface area contributed by atoms with Crippen LogP contribution in [0.15, 0.2) is 0 Å². The van der Waals surface area contributed by atoms with Gasteiger partial charge in [-0.3, -0.25) is 9.59 Å². The summed E-state index contributed by atoms with van der Waals surface area (Å²) in [7, 11) is -5.48. The number of ketones is 2. The van der Waals surface area contributed by atoms with Gasteiger partial charge in [0.1, 0.15) is 31.2 Å². The van der Waals surface area contributed by atoms with Crippen LogP contribution in [0, 0.1) is 11.8 Å². The van der Waals surface area contributed by atoms with Gasteiger partial charge in [-0.1, -0.05) is 27.7 Å². The zero-order valence-electron chi connectivity index (χ0n) is 18.6. The van der Waals surface area contributed by atoms with Crippen LogP contribution in [0.3, 0.4) is 0 Å². The standard InChI is InChI=1S/2C5H10O.2C4H10O2S/c2*1-4(2)5(3)6;2*1-4(2)7(3,5)6/h2*4H,1-3H3;2*4H,1-3H3. The van der Waals surface area contributed by atoms with Gasteiger partial charge in [-0.15, -0.1) is 0 Å². The highest BCUT2D eigenvalue weighted by atomic mass is 32.2. The molecule has 0 spiro atoms. The van der Waals surface area contributed by atoms with E-state index < -0.39 is 19.7 Å². The van der Waals surface area contributed by atoms with Crippen LogP contribution in [0.25, 0.3) is 0 Å². The first-order valence-corrected chi connectivity index (χ1v) is 12.5. The molecule has 0 fully saturated rings. The minimum atomic E-state index is -2.74. The first-order chi connectivity index (χ1) is 11.2. The Bertz CT molecular complexity index is 529. The van der Waals surface area contributed by atoms with Gasteiger partial charge in [-0.25, -0.2) is 16.8 Å². The monoisotopic (exact) mass is 416 g/mol. The van der Waals surface area contributed by atoms with Gasteiger partial charge in [-0.2, -0.15) is 0 Å². The molecule has 0 heterocycles. The molecule has 0 saturated carbocycles. The van der Waals surface area contributed by atoms with Crippen LogP contribution in [0.5, 0.6) is 0 Å². The highest BCUT2D eigenvalue weighted by Gasteiger charge is 2.06. The summed E-state index contributed by atoms with van der Waals surface area (Å²) in [5.41, 5.74) is 0. The van der Waals surface area contributed by atoms with Gasteiger partial charge in [0.15, 0.2) is 0 Å². The molecule has 0 aliphatic carbocycles. The fourth-order valence-electron chi connectivity index (χ4n) is 0. The Labute approximate surface area is 162 Å². The number of hydrogen-bond donors (Lipinski definition) is 0. The van der Waals surface area contributed by atoms with Gasteiger partial charge in [0, 0.05) is 24.3 Å². The van der Waals surface area contributed by atoms with E-state index in [1.54, 1.807) is 41.5 Å². The van der Waals surface area contributed by atoms with Gasteiger partial charge in [0.05, 0.1) is 10.5 Å². The predicted octanol–water partition coefficient (Wildman–Crippen LogP) is 3.34. The van der Waals surface area contributed by atoms with Gasteiger partial charge in [-0.05, 0) is 41.5 Å². The summed E-state index contributed by atoms with van der Waals surface area (Å²) in [5.74, 6) is 0.944. The van der Waals surface area contributed by atoms with E-state index in [1.807, 2.05) is 27.7 Å². The Morgan fingerprint density at radius 1 is 0.538 bits per heavy atom. The maximum Gasteiger partial charge on any atom is 0.149 e. The fourth-order valence-corrected chi connectivity index (χ4v) is 0. The Morgan fingerprint density at radius 3 is 0.615 bits per heavy atom. The van der Waals surface area contributed by atoms with Crippen molar-refractivity contribution in [1.29, 1.82) is 0 Å². The molecule has 0 rings (SSSR count). The molecule has 8 heteroatoms. The summed E-state index contributed by atoms with van der Waals surface area (Å²) < 4.78 is 41.3. The molecule has 26 heavy (non-hydrogen) atoms. The summed E-state index contributed by atoms with van der Waals surface area (Å²) in [6.45, 7) is 17.4. The molecular formula is C18H40O6S2. The van der Waals surface area contributed by atoms with E-state index in [4.69, 9.17) is 0 Å². The summed E-state index contributed by atoms with van der Waals surface area (Å²) in [5, 5.41) is -0.458. The molecule has 0 aromatic rings. The lowest BCUT2D eigenvalue weighted by atomic mass is 10.1. The molecule has 0 aliphatic heterocycles. The number of Topliss-reactive ketones (excluding diaryl/α,β-unsaturated/α-hetero) is 2. The van der Waals surface area contributed by atoms with Crippen LogP contribution < -0.4 is 0 Å². The van der Waals surface area contributed by atoms with Crippen molar-refractivity contribution in [3.05, 3.63) is 0 Å². The highest BCUT2D eigenvalue weighted by Crippen LogP contribution is 1.93. The van der Waals surface area contributed by atoms with E-state index in [-0.39, 0.29) is 33.9 Å². The van der Waals surface area contributed by atoms with Crippen LogP contribution in [-0.4, -0.2) is 51.4 Å². The molecule has 160 valence electrons. The van der Waals surface area contributed by atoms with Crippen molar-refractivity contribution in [1.82, 2.24) is 0 Å². The summed E-state index contributed by atoms with van der Waals surface area (Å²) >= 11 is 0. The lowest BCUT2D eigenvalue weighted by Crippen LogP contribution is -2.10. The van der Waals surface area contributed by atoms with Gasteiger partial charge in [0.2, 0.25) is 0 Å². The minimum Gasteiger partial charge on any atom is -0.300 e. The van der Waals surface area contributed by atoms with Crippen molar-refractivity contribution in [3.8, 4) is 0 Å². The molecule has 0 atom stereocenters. The van der Waals surface area contributed by atoms with Crippen LogP contribution in [0.1, 0.15) is 69.2 Å². The Kier molecular flexibility index (Phi) is 19.4. The lowest BCUT2D eigenvalue weighted by Gasteiger charge is -1.96. The second kappa shape index (κ2) is 15.3. The van der Waals surface area contributed by atoms with E-state index in [1.165, 1.54) is 12.5 Å². The zero-order valence-corrected chi connectivity index (χ0v) is 20.2. The van der Waals surface area contributed by atoms with Gasteiger partial charge in [0.25, 0.3) is 0 Å². The second-order valence-corrected chi connectivity index (χ2v) is 12.5. The van der Waals surface area contributed by atoms with Gasteiger partial charge < -0.3 is 0 Å². The van der Waals surface area contributed by atoms with E-state index >= 15 is 0 Å².